The molecule has 0 bridgehead atoms. The summed E-state index contributed by atoms with van der Waals surface area (Å²) in [6, 6.07) is 16.3. The number of fused-ring (bicyclic) bond motifs is 2. The number of unbranched alkanes of at least 4 members (excludes halogenated alkanes) is 4. The smallest absolute Gasteiger partial charge is 0.379 e. The maximum atomic E-state index is 14.4. The summed E-state index contributed by atoms with van der Waals surface area (Å²) < 4.78 is 17.7. The van der Waals surface area contributed by atoms with Crippen LogP contribution >= 0.6 is 11.3 Å². The van der Waals surface area contributed by atoms with E-state index in [9.17, 15) is 19.2 Å². The SMILES string of the molecule is CCCCCCCN1C(=O)/C(=c2\sc3n(c2=O)C(c2ccc(OC(=O)c4ccco4)cc2)C(C(=O)OCC)=C(C)N=3)c2ccccc21. The molecule has 1 amide bonds. The first-order chi connectivity index (χ1) is 22.8. The minimum Gasteiger partial charge on any atom is -0.463 e. The second-order valence-electron chi connectivity index (χ2n) is 11.3. The van der Waals surface area contributed by atoms with Gasteiger partial charge in [-0.2, -0.15) is 0 Å². The topological polar surface area (TPSA) is 120 Å². The van der Waals surface area contributed by atoms with Crippen molar-refractivity contribution in [3.05, 3.63) is 115 Å². The minimum absolute atomic E-state index is 0.0590. The highest BCUT2D eigenvalue weighted by Crippen LogP contribution is 2.36. The van der Waals surface area contributed by atoms with Crippen LogP contribution in [0.1, 0.15) is 80.6 Å². The summed E-state index contributed by atoms with van der Waals surface area (Å²) in [5.74, 6) is -1.15. The number of allylic oxidation sites excluding steroid dienone is 1. The van der Waals surface area contributed by atoms with Crippen molar-refractivity contribution in [3.8, 4) is 5.75 Å². The number of benzene rings is 2. The van der Waals surface area contributed by atoms with Gasteiger partial charge in [-0.15, -0.1) is 0 Å². The number of hydrogen-bond acceptors (Lipinski definition) is 9. The van der Waals surface area contributed by atoms with Crippen LogP contribution in [0.5, 0.6) is 5.75 Å². The predicted octanol–water partition coefficient (Wildman–Crippen LogP) is 5.30. The zero-order chi connectivity index (χ0) is 33.1. The molecule has 0 spiro atoms. The average Bonchev–Trinajstić information content (AvgIpc) is 3.78. The highest BCUT2D eigenvalue weighted by atomic mass is 32.1. The number of thiazole rings is 1. The molecule has 4 aromatic rings. The van der Waals surface area contributed by atoms with Gasteiger partial charge in [-0.3, -0.25) is 14.2 Å². The second-order valence-corrected chi connectivity index (χ2v) is 12.3. The molecule has 11 heteroatoms. The number of esters is 2. The highest BCUT2D eigenvalue weighted by molar-refractivity contribution is 7.07. The van der Waals surface area contributed by atoms with E-state index in [0.717, 1.165) is 49.1 Å². The maximum absolute atomic E-state index is 14.4. The Balaban J connectivity index is 1.43. The fourth-order valence-corrected chi connectivity index (χ4v) is 7.16. The van der Waals surface area contributed by atoms with Crippen LogP contribution in [0.4, 0.5) is 5.69 Å². The lowest BCUT2D eigenvalue weighted by Gasteiger charge is -2.24. The highest BCUT2D eigenvalue weighted by Gasteiger charge is 2.37. The molecule has 0 saturated carbocycles. The van der Waals surface area contributed by atoms with E-state index in [1.54, 1.807) is 49.1 Å². The molecule has 2 aliphatic heterocycles. The van der Waals surface area contributed by atoms with Crippen molar-refractivity contribution >= 4 is 40.4 Å². The zero-order valence-corrected chi connectivity index (χ0v) is 27.3. The summed E-state index contributed by atoms with van der Waals surface area (Å²) >= 11 is 1.14. The Bertz CT molecular complexity index is 2040. The molecule has 2 aliphatic rings. The summed E-state index contributed by atoms with van der Waals surface area (Å²) in [5.41, 5.74) is 2.60. The fourth-order valence-electron chi connectivity index (χ4n) is 6.02. The van der Waals surface area contributed by atoms with Crippen LogP contribution in [0.3, 0.4) is 0 Å². The Morgan fingerprint density at radius 1 is 0.936 bits per heavy atom. The van der Waals surface area contributed by atoms with E-state index in [1.165, 1.54) is 16.9 Å². The summed E-state index contributed by atoms with van der Waals surface area (Å²) in [4.78, 5) is 61.0. The van der Waals surface area contributed by atoms with Crippen LogP contribution in [-0.2, 0) is 14.3 Å². The maximum Gasteiger partial charge on any atom is 0.379 e. The van der Waals surface area contributed by atoms with Gasteiger partial charge in [0.1, 0.15) is 10.3 Å². The first-order valence-corrected chi connectivity index (χ1v) is 16.6. The molecular weight excluding hydrogens is 618 g/mol. The normalized spacial score (nSPS) is 16.5. The Kier molecular flexibility index (Phi) is 9.35. The van der Waals surface area contributed by atoms with Gasteiger partial charge in [0.15, 0.2) is 4.80 Å². The number of amides is 1. The van der Waals surface area contributed by atoms with E-state index < -0.39 is 23.5 Å². The molecule has 2 aromatic carbocycles. The van der Waals surface area contributed by atoms with E-state index in [2.05, 4.69) is 11.9 Å². The number of hydrogen-bond donors (Lipinski definition) is 0. The van der Waals surface area contributed by atoms with Crippen LogP contribution in [0, 0.1) is 0 Å². The van der Waals surface area contributed by atoms with Gasteiger partial charge in [0, 0.05) is 12.1 Å². The van der Waals surface area contributed by atoms with Crippen molar-refractivity contribution in [2.24, 2.45) is 4.99 Å². The Morgan fingerprint density at radius 2 is 1.70 bits per heavy atom. The van der Waals surface area contributed by atoms with Crippen LogP contribution in [-0.4, -0.2) is 35.6 Å². The minimum atomic E-state index is -0.893. The largest absolute Gasteiger partial charge is 0.463 e. The van der Waals surface area contributed by atoms with Gasteiger partial charge in [0.05, 0.1) is 41.4 Å². The van der Waals surface area contributed by atoms with Crippen LogP contribution in [0.15, 0.2) is 92.4 Å². The lowest BCUT2D eigenvalue weighted by Crippen LogP contribution is -2.41. The lowest BCUT2D eigenvalue weighted by molar-refractivity contribution is -0.139. The Hall–Kier alpha value is -5.03. The molecule has 0 fully saturated rings. The van der Waals surface area contributed by atoms with Crippen molar-refractivity contribution in [1.29, 1.82) is 0 Å². The van der Waals surface area contributed by atoms with Gasteiger partial charge >= 0.3 is 11.9 Å². The molecular formula is C36H35N3O7S. The molecule has 47 heavy (non-hydrogen) atoms. The summed E-state index contributed by atoms with van der Waals surface area (Å²) in [6.07, 6.45) is 6.67. The van der Waals surface area contributed by atoms with E-state index in [-0.39, 0.29) is 34.1 Å². The second kappa shape index (κ2) is 13.8. The molecule has 1 atom stereocenters. The van der Waals surface area contributed by atoms with Gasteiger partial charge in [0.2, 0.25) is 5.76 Å². The number of carbonyl (C=O) groups is 3. The first kappa shape index (κ1) is 31.9. The Labute approximate surface area is 275 Å². The number of anilines is 1. The Morgan fingerprint density at radius 3 is 2.43 bits per heavy atom. The molecule has 0 aliphatic carbocycles. The van der Waals surface area contributed by atoms with Crippen LogP contribution in [0.2, 0.25) is 0 Å². The van der Waals surface area contributed by atoms with Crippen molar-refractivity contribution < 1.29 is 28.3 Å². The number of furan rings is 1. The quantitative estimate of drug-likeness (QED) is 0.122. The van der Waals surface area contributed by atoms with E-state index in [1.807, 2.05) is 24.3 Å². The number of ether oxygens (including phenoxy) is 2. The number of carbonyl (C=O) groups excluding carboxylic acids is 3. The molecule has 0 saturated heterocycles. The third-order valence-electron chi connectivity index (χ3n) is 8.26. The number of aromatic nitrogens is 1. The monoisotopic (exact) mass is 653 g/mol. The molecule has 10 nitrogen and oxygen atoms in total. The van der Waals surface area contributed by atoms with E-state index in [0.29, 0.717) is 33.7 Å². The lowest BCUT2D eigenvalue weighted by atomic mass is 9.96. The van der Waals surface area contributed by atoms with Crippen molar-refractivity contribution in [1.82, 2.24) is 4.57 Å². The van der Waals surface area contributed by atoms with Crippen LogP contribution < -0.4 is 24.5 Å². The number of nitrogens with zero attached hydrogens (tertiary/aromatic N) is 3. The summed E-state index contributed by atoms with van der Waals surface area (Å²) in [6.45, 7) is 6.28. The predicted molar refractivity (Wildman–Crippen MR) is 177 cm³/mol. The molecule has 0 radical (unpaired) electrons. The standard InChI is InChI=1S/C36H35N3O7S/c1-4-6-7-8-11-20-38-26-14-10-9-13-25(26)29(32(38)40)31-33(41)39-30(28(35(43)44-5-2)22(3)37-36(39)47-31)23-16-18-24(19-17-23)46-34(42)27-15-12-21-45-27/h9-10,12-19,21,30H,4-8,11,20H2,1-3H3/b31-29-. The fraction of sp³-hybridized carbons (Fsp3) is 0.306. The molecule has 4 heterocycles. The third kappa shape index (κ3) is 6.10. The van der Waals surface area contributed by atoms with Gasteiger partial charge in [-0.05, 0) is 56.2 Å². The van der Waals surface area contributed by atoms with Crippen molar-refractivity contribution in [2.75, 3.05) is 18.1 Å². The molecule has 1 unspecified atom stereocenters. The summed E-state index contributed by atoms with van der Waals surface area (Å²) in [5, 5.41) is 0. The van der Waals surface area contributed by atoms with Crippen LogP contribution in [0.25, 0.3) is 5.57 Å². The zero-order valence-electron chi connectivity index (χ0n) is 26.5. The number of rotatable bonds is 11. The van der Waals surface area contributed by atoms with Gasteiger partial charge in [0.25, 0.3) is 11.5 Å². The van der Waals surface area contributed by atoms with Crippen molar-refractivity contribution in [3.63, 3.8) is 0 Å². The molecule has 0 N–H and O–H groups in total. The van der Waals surface area contributed by atoms with Gasteiger partial charge in [-0.25, -0.2) is 14.6 Å². The third-order valence-corrected chi connectivity index (χ3v) is 9.31. The van der Waals surface area contributed by atoms with E-state index >= 15 is 0 Å². The first-order valence-electron chi connectivity index (χ1n) is 15.8. The molecule has 242 valence electrons. The van der Waals surface area contributed by atoms with Gasteiger partial charge < -0.3 is 18.8 Å². The average molecular weight is 654 g/mol. The molecule has 6 rings (SSSR count). The summed E-state index contributed by atoms with van der Waals surface area (Å²) in [7, 11) is 0. The molecule has 2 aromatic heterocycles. The van der Waals surface area contributed by atoms with E-state index in [4.69, 9.17) is 13.9 Å². The van der Waals surface area contributed by atoms with Gasteiger partial charge in [-0.1, -0.05) is 74.3 Å². The van der Waals surface area contributed by atoms with Crippen molar-refractivity contribution in [2.45, 2.75) is 58.9 Å². The number of para-hydroxylation sites is 1.